The lowest BCUT2D eigenvalue weighted by Gasteiger charge is -2.21. The van der Waals surface area contributed by atoms with Crippen LogP contribution in [-0.2, 0) is 4.79 Å². The standard InChI is InChI=1S/C12H15N3O3/c16-10-5-9(13-12(14-10)7-1-2-7)15(6-11(17)18)8-3-4-8/h5,7-8H,1-4,6H2,(H,17,18)(H,13,14,16). The quantitative estimate of drug-likeness (QED) is 0.802. The van der Waals surface area contributed by atoms with Gasteiger partial charge >= 0.3 is 5.97 Å². The summed E-state index contributed by atoms with van der Waals surface area (Å²) in [6.07, 6.45) is 4.05. The van der Waals surface area contributed by atoms with Gasteiger partial charge in [-0.2, -0.15) is 0 Å². The summed E-state index contributed by atoms with van der Waals surface area (Å²) in [6, 6.07) is 1.62. The van der Waals surface area contributed by atoms with Crippen LogP contribution in [0.2, 0.25) is 0 Å². The Morgan fingerprint density at radius 2 is 2.17 bits per heavy atom. The number of anilines is 1. The molecule has 0 amide bonds. The highest BCUT2D eigenvalue weighted by atomic mass is 16.4. The van der Waals surface area contributed by atoms with Gasteiger partial charge in [-0.1, -0.05) is 0 Å². The molecule has 0 saturated heterocycles. The number of carbonyl (C=O) groups is 1. The molecule has 0 radical (unpaired) electrons. The van der Waals surface area contributed by atoms with Gasteiger partial charge in [0.1, 0.15) is 18.2 Å². The third kappa shape index (κ3) is 2.37. The number of aliphatic carboxylic acids is 1. The van der Waals surface area contributed by atoms with E-state index in [9.17, 15) is 9.59 Å². The summed E-state index contributed by atoms with van der Waals surface area (Å²) in [5.41, 5.74) is -0.196. The summed E-state index contributed by atoms with van der Waals surface area (Å²) >= 11 is 0. The number of hydrogen-bond acceptors (Lipinski definition) is 4. The van der Waals surface area contributed by atoms with E-state index in [-0.39, 0.29) is 18.1 Å². The minimum Gasteiger partial charge on any atom is -0.480 e. The SMILES string of the molecule is O=C(O)CN(c1cc(=O)[nH]c(C2CC2)n1)C1CC1. The van der Waals surface area contributed by atoms with Crippen molar-refractivity contribution in [3.63, 3.8) is 0 Å². The number of rotatable bonds is 5. The number of aromatic amines is 1. The third-order valence-electron chi connectivity index (χ3n) is 3.30. The van der Waals surface area contributed by atoms with E-state index in [4.69, 9.17) is 5.11 Å². The Morgan fingerprint density at radius 3 is 2.72 bits per heavy atom. The molecule has 1 heterocycles. The predicted molar refractivity (Wildman–Crippen MR) is 64.8 cm³/mol. The zero-order valence-corrected chi connectivity index (χ0v) is 9.93. The lowest BCUT2D eigenvalue weighted by atomic mass is 10.3. The summed E-state index contributed by atoms with van der Waals surface area (Å²) in [6.45, 7) is -0.0920. The molecule has 6 nitrogen and oxygen atoms in total. The minimum atomic E-state index is -0.892. The van der Waals surface area contributed by atoms with Crippen LogP contribution in [0.1, 0.15) is 37.4 Å². The van der Waals surface area contributed by atoms with Gasteiger partial charge < -0.3 is 15.0 Å². The van der Waals surface area contributed by atoms with Crippen molar-refractivity contribution in [2.75, 3.05) is 11.4 Å². The number of nitrogens with zero attached hydrogens (tertiary/aromatic N) is 2. The number of hydrogen-bond donors (Lipinski definition) is 2. The van der Waals surface area contributed by atoms with Crippen molar-refractivity contribution < 1.29 is 9.90 Å². The first-order valence-electron chi connectivity index (χ1n) is 6.23. The maximum absolute atomic E-state index is 11.6. The molecule has 2 N–H and O–H groups in total. The second kappa shape index (κ2) is 4.12. The smallest absolute Gasteiger partial charge is 0.323 e. The fourth-order valence-electron chi connectivity index (χ4n) is 2.09. The van der Waals surface area contributed by atoms with Crippen LogP contribution in [0, 0.1) is 0 Å². The Bertz CT molecular complexity index is 532. The number of carboxylic acid groups (broad SMARTS) is 1. The van der Waals surface area contributed by atoms with E-state index in [1.165, 1.54) is 6.07 Å². The van der Waals surface area contributed by atoms with Crippen LogP contribution in [0.4, 0.5) is 5.82 Å². The van der Waals surface area contributed by atoms with Gasteiger partial charge in [0.2, 0.25) is 0 Å². The summed E-state index contributed by atoms with van der Waals surface area (Å²) in [5, 5.41) is 8.93. The van der Waals surface area contributed by atoms with Gasteiger partial charge in [-0.05, 0) is 25.7 Å². The van der Waals surface area contributed by atoms with Crippen LogP contribution < -0.4 is 10.5 Å². The fraction of sp³-hybridized carbons (Fsp3) is 0.583. The highest BCUT2D eigenvalue weighted by Crippen LogP contribution is 2.38. The van der Waals surface area contributed by atoms with Crippen molar-refractivity contribution in [3.05, 3.63) is 22.2 Å². The molecule has 18 heavy (non-hydrogen) atoms. The molecule has 2 saturated carbocycles. The minimum absolute atomic E-state index is 0.0920. The van der Waals surface area contributed by atoms with E-state index in [1.54, 1.807) is 4.90 Å². The van der Waals surface area contributed by atoms with Crippen molar-refractivity contribution >= 4 is 11.8 Å². The first-order valence-corrected chi connectivity index (χ1v) is 6.23. The summed E-state index contributed by atoms with van der Waals surface area (Å²) < 4.78 is 0. The molecule has 96 valence electrons. The zero-order valence-electron chi connectivity index (χ0n) is 9.93. The molecule has 1 aromatic heterocycles. The number of nitrogens with one attached hydrogen (secondary N) is 1. The molecule has 3 rings (SSSR count). The molecule has 0 aromatic carbocycles. The van der Waals surface area contributed by atoms with E-state index in [2.05, 4.69) is 9.97 Å². The van der Waals surface area contributed by atoms with E-state index in [0.717, 1.165) is 25.7 Å². The molecule has 0 bridgehead atoms. The Balaban J connectivity index is 1.92. The van der Waals surface area contributed by atoms with Gasteiger partial charge in [-0.3, -0.25) is 9.59 Å². The van der Waals surface area contributed by atoms with Crippen molar-refractivity contribution in [1.29, 1.82) is 0 Å². The molecule has 2 fully saturated rings. The molecule has 0 unspecified atom stereocenters. The average Bonchev–Trinajstić information content (AvgIpc) is 3.16. The largest absolute Gasteiger partial charge is 0.480 e. The maximum Gasteiger partial charge on any atom is 0.323 e. The van der Waals surface area contributed by atoms with Gasteiger partial charge in [-0.15, -0.1) is 0 Å². The molecular formula is C12H15N3O3. The van der Waals surface area contributed by atoms with Crippen LogP contribution in [0.5, 0.6) is 0 Å². The van der Waals surface area contributed by atoms with Crippen LogP contribution in [0.3, 0.4) is 0 Å². The Morgan fingerprint density at radius 1 is 1.44 bits per heavy atom. The van der Waals surface area contributed by atoms with Crippen LogP contribution >= 0.6 is 0 Å². The molecular weight excluding hydrogens is 234 g/mol. The molecule has 6 heteroatoms. The van der Waals surface area contributed by atoms with Crippen LogP contribution in [0.25, 0.3) is 0 Å². The van der Waals surface area contributed by atoms with Crippen LogP contribution in [0.15, 0.2) is 10.9 Å². The summed E-state index contributed by atoms with van der Waals surface area (Å²) in [5.74, 6) is 0.666. The fourth-order valence-corrected chi connectivity index (χ4v) is 2.09. The molecule has 2 aliphatic rings. The molecule has 1 aromatic rings. The number of H-pyrrole nitrogens is 1. The summed E-state index contributed by atoms with van der Waals surface area (Å²) in [7, 11) is 0. The second-order valence-corrected chi connectivity index (χ2v) is 5.02. The lowest BCUT2D eigenvalue weighted by molar-refractivity contribution is -0.135. The van der Waals surface area contributed by atoms with Gasteiger partial charge in [0.15, 0.2) is 0 Å². The van der Waals surface area contributed by atoms with Gasteiger partial charge in [-0.25, -0.2) is 4.98 Å². The molecule has 0 atom stereocenters. The monoisotopic (exact) mass is 249 g/mol. The number of carboxylic acids is 1. The number of aromatic nitrogens is 2. The molecule has 0 aliphatic heterocycles. The lowest BCUT2D eigenvalue weighted by Crippen LogP contribution is -2.33. The van der Waals surface area contributed by atoms with Crippen molar-refractivity contribution in [2.45, 2.75) is 37.6 Å². The summed E-state index contributed by atoms with van der Waals surface area (Å²) in [4.78, 5) is 31.4. The highest BCUT2D eigenvalue weighted by molar-refractivity contribution is 5.73. The third-order valence-corrected chi connectivity index (χ3v) is 3.30. The van der Waals surface area contributed by atoms with Crippen molar-refractivity contribution in [1.82, 2.24) is 9.97 Å². The molecule has 2 aliphatic carbocycles. The Kier molecular flexibility index (Phi) is 2.57. The predicted octanol–water partition coefficient (Wildman–Crippen LogP) is 0.701. The van der Waals surface area contributed by atoms with E-state index in [0.29, 0.717) is 17.6 Å². The first-order chi connectivity index (χ1) is 8.63. The van der Waals surface area contributed by atoms with Crippen molar-refractivity contribution in [3.8, 4) is 0 Å². The Hall–Kier alpha value is -1.85. The van der Waals surface area contributed by atoms with Gasteiger partial charge in [0.05, 0.1) is 0 Å². The second-order valence-electron chi connectivity index (χ2n) is 5.02. The van der Waals surface area contributed by atoms with E-state index < -0.39 is 5.97 Å². The van der Waals surface area contributed by atoms with Gasteiger partial charge in [0, 0.05) is 18.0 Å². The molecule has 0 spiro atoms. The average molecular weight is 249 g/mol. The maximum atomic E-state index is 11.6. The Labute approximate surface area is 104 Å². The topological polar surface area (TPSA) is 86.3 Å². The van der Waals surface area contributed by atoms with Crippen molar-refractivity contribution in [2.24, 2.45) is 0 Å². The van der Waals surface area contributed by atoms with Crippen LogP contribution in [-0.4, -0.2) is 33.6 Å². The van der Waals surface area contributed by atoms with E-state index in [1.807, 2.05) is 0 Å². The first kappa shape index (κ1) is 11.3. The highest BCUT2D eigenvalue weighted by Gasteiger charge is 2.33. The zero-order chi connectivity index (χ0) is 12.7. The normalized spacial score (nSPS) is 18.7. The van der Waals surface area contributed by atoms with Gasteiger partial charge in [0.25, 0.3) is 5.56 Å². The van der Waals surface area contributed by atoms with E-state index >= 15 is 0 Å².